The Hall–Kier alpha value is -1.23. The monoisotopic (exact) mass is 413 g/mol. The Morgan fingerprint density at radius 1 is 1.07 bits per heavy atom. The molecule has 5 nitrogen and oxygen atoms in total. The number of aliphatic hydroxyl groups is 1. The van der Waals surface area contributed by atoms with E-state index in [1.165, 1.54) is 32.1 Å². The van der Waals surface area contributed by atoms with Crippen LogP contribution in [-0.4, -0.2) is 31.5 Å². The minimum Gasteiger partial charge on any atom is -0.390 e. The maximum Gasteiger partial charge on any atom is 0.158 e. The molecule has 1 aromatic heterocycles. The molecule has 4 fully saturated rings. The van der Waals surface area contributed by atoms with Gasteiger partial charge in [0.25, 0.3) is 0 Å². The highest BCUT2D eigenvalue weighted by molar-refractivity contribution is 5.82. The van der Waals surface area contributed by atoms with Crippen molar-refractivity contribution in [2.24, 2.45) is 52.8 Å². The molecule has 0 bridgehead atoms. The molecule has 4 saturated carbocycles. The van der Waals surface area contributed by atoms with Crippen molar-refractivity contribution in [3.05, 3.63) is 12.4 Å². The fourth-order valence-electron chi connectivity index (χ4n) is 9.18. The Kier molecular flexibility index (Phi) is 4.92. The minimum atomic E-state index is -0.453. The highest BCUT2D eigenvalue weighted by atomic mass is 16.3. The maximum absolute atomic E-state index is 13.5. The SMILES string of the molecule is CC1C2[C@@H]3CC[C@@H]4C[C@](C)(O)CC[C@@H]4[C@H]3CC[C@]2(C)[C@@H](C(=O)Cn2ccnn2)[C@H]1C. The van der Waals surface area contributed by atoms with Crippen LogP contribution in [0.1, 0.15) is 72.6 Å². The third-order valence-corrected chi connectivity index (χ3v) is 10.3. The molecule has 166 valence electrons. The van der Waals surface area contributed by atoms with Crippen LogP contribution in [0.25, 0.3) is 0 Å². The molecule has 0 aromatic carbocycles. The fraction of sp³-hybridized carbons (Fsp3) is 0.880. The average molecular weight is 414 g/mol. The summed E-state index contributed by atoms with van der Waals surface area (Å²) >= 11 is 0. The van der Waals surface area contributed by atoms with Crippen LogP contribution in [0.5, 0.6) is 0 Å². The Balaban J connectivity index is 1.39. The number of hydrogen-bond acceptors (Lipinski definition) is 4. The van der Waals surface area contributed by atoms with Gasteiger partial charge < -0.3 is 5.11 Å². The van der Waals surface area contributed by atoms with Gasteiger partial charge in [-0.2, -0.15) is 0 Å². The second-order valence-electron chi connectivity index (χ2n) is 11.9. The van der Waals surface area contributed by atoms with Crippen molar-refractivity contribution < 1.29 is 9.90 Å². The number of carbonyl (C=O) groups excluding carboxylic acids is 1. The summed E-state index contributed by atoms with van der Waals surface area (Å²) in [5.74, 6) is 5.22. The van der Waals surface area contributed by atoms with Gasteiger partial charge in [-0.05, 0) is 98.7 Å². The molecule has 1 heterocycles. The molecule has 0 spiro atoms. The summed E-state index contributed by atoms with van der Waals surface area (Å²) in [5, 5.41) is 18.6. The number of fused-ring (bicyclic) bond motifs is 5. The van der Waals surface area contributed by atoms with E-state index in [-0.39, 0.29) is 11.3 Å². The van der Waals surface area contributed by atoms with E-state index >= 15 is 0 Å². The smallest absolute Gasteiger partial charge is 0.158 e. The third kappa shape index (κ3) is 3.10. The van der Waals surface area contributed by atoms with Gasteiger partial charge in [0.1, 0.15) is 6.54 Å². The first kappa shape index (κ1) is 20.7. The largest absolute Gasteiger partial charge is 0.390 e. The molecular weight excluding hydrogens is 374 g/mol. The van der Waals surface area contributed by atoms with Crippen molar-refractivity contribution in [3.63, 3.8) is 0 Å². The lowest BCUT2D eigenvalue weighted by atomic mass is 9.48. The molecule has 0 radical (unpaired) electrons. The first-order chi connectivity index (χ1) is 14.2. The molecule has 5 heteroatoms. The zero-order valence-electron chi connectivity index (χ0n) is 19.1. The van der Waals surface area contributed by atoms with Crippen LogP contribution in [0.15, 0.2) is 12.4 Å². The molecule has 0 amide bonds. The highest BCUT2D eigenvalue weighted by Gasteiger charge is 2.63. The quantitative estimate of drug-likeness (QED) is 0.799. The molecule has 1 aromatic rings. The number of nitrogens with zero attached hydrogens (tertiary/aromatic N) is 3. The van der Waals surface area contributed by atoms with Crippen molar-refractivity contribution in [3.8, 4) is 0 Å². The number of carbonyl (C=O) groups is 1. The van der Waals surface area contributed by atoms with Gasteiger partial charge in [-0.3, -0.25) is 4.79 Å². The normalized spacial score (nSPS) is 50.4. The standard InChI is InChI=1S/C25H39N3O2/c1-15-16(2)23(21(29)14-28-12-11-26-27-28)25(4)10-8-19-18-7-9-24(3,30)13-17(18)5-6-20(19)22(15)25/h11-12,15-20,22-23,30H,5-10,13-14H2,1-4H3/t15?,16-,17+,18-,19+,20+,22?,23+,24+,25-/m0/s1. The minimum absolute atomic E-state index is 0.116. The maximum atomic E-state index is 13.5. The van der Waals surface area contributed by atoms with Crippen LogP contribution in [0.3, 0.4) is 0 Å². The summed E-state index contributed by atoms with van der Waals surface area (Å²) in [6.45, 7) is 9.60. The summed E-state index contributed by atoms with van der Waals surface area (Å²) in [5.41, 5.74) is -0.337. The molecule has 4 aliphatic carbocycles. The third-order valence-electron chi connectivity index (χ3n) is 10.3. The topological polar surface area (TPSA) is 68.0 Å². The summed E-state index contributed by atoms with van der Waals surface area (Å²) in [7, 11) is 0. The van der Waals surface area contributed by atoms with Crippen LogP contribution in [0.4, 0.5) is 0 Å². The molecule has 0 saturated heterocycles. The first-order valence-corrected chi connectivity index (χ1v) is 12.3. The summed E-state index contributed by atoms with van der Waals surface area (Å²) in [4.78, 5) is 13.5. The number of Topliss-reactive ketones (excluding diaryl/α,β-unsaturated/α-hetero) is 1. The fourth-order valence-corrected chi connectivity index (χ4v) is 9.18. The summed E-state index contributed by atoms with van der Waals surface area (Å²) in [6.07, 6.45) is 11.6. The molecule has 4 aliphatic rings. The Bertz CT molecular complexity index is 790. The predicted octanol–water partition coefficient (Wildman–Crippen LogP) is 4.36. The lowest BCUT2D eigenvalue weighted by molar-refractivity contribution is -0.134. The van der Waals surface area contributed by atoms with Crippen molar-refractivity contribution in [1.82, 2.24) is 15.0 Å². The molecule has 1 N–H and O–H groups in total. The molecule has 30 heavy (non-hydrogen) atoms. The number of rotatable bonds is 3. The Morgan fingerprint density at radius 2 is 1.83 bits per heavy atom. The van der Waals surface area contributed by atoms with E-state index in [1.54, 1.807) is 17.1 Å². The van der Waals surface area contributed by atoms with Gasteiger partial charge in [0, 0.05) is 12.1 Å². The Morgan fingerprint density at radius 3 is 2.57 bits per heavy atom. The van der Waals surface area contributed by atoms with E-state index in [9.17, 15) is 9.90 Å². The van der Waals surface area contributed by atoms with E-state index in [1.807, 2.05) is 6.92 Å². The Labute approximate surface area is 181 Å². The van der Waals surface area contributed by atoms with Crippen LogP contribution < -0.4 is 0 Å². The van der Waals surface area contributed by atoms with Gasteiger partial charge in [-0.15, -0.1) is 5.10 Å². The number of aromatic nitrogens is 3. The molecule has 5 rings (SSSR count). The van der Waals surface area contributed by atoms with Crippen LogP contribution >= 0.6 is 0 Å². The number of ketones is 1. The van der Waals surface area contributed by atoms with Crippen molar-refractivity contribution in [1.29, 1.82) is 0 Å². The zero-order valence-corrected chi connectivity index (χ0v) is 19.1. The molecule has 0 aliphatic heterocycles. The van der Waals surface area contributed by atoms with Gasteiger partial charge in [0.2, 0.25) is 0 Å². The van der Waals surface area contributed by atoms with Crippen LogP contribution in [0.2, 0.25) is 0 Å². The van der Waals surface area contributed by atoms with Crippen molar-refractivity contribution >= 4 is 5.78 Å². The molecule has 2 unspecified atom stereocenters. The van der Waals surface area contributed by atoms with E-state index in [0.717, 1.165) is 30.6 Å². The van der Waals surface area contributed by atoms with Crippen LogP contribution in [-0.2, 0) is 11.3 Å². The van der Waals surface area contributed by atoms with E-state index in [4.69, 9.17) is 0 Å². The number of hydrogen-bond donors (Lipinski definition) is 1. The van der Waals surface area contributed by atoms with Gasteiger partial charge in [-0.25, -0.2) is 4.68 Å². The van der Waals surface area contributed by atoms with Gasteiger partial charge in [-0.1, -0.05) is 26.0 Å². The lowest BCUT2D eigenvalue weighted by Gasteiger charge is -2.57. The van der Waals surface area contributed by atoms with E-state index in [2.05, 4.69) is 31.1 Å². The lowest BCUT2D eigenvalue weighted by Crippen LogP contribution is -2.52. The van der Waals surface area contributed by atoms with E-state index < -0.39 is 5.60 Å². The average Bonchev–Trinajstić information content (AvgIpc) is 3.25. The van der Waals surface area contributed by atoms with E-state index in [0.29, 0.717) is 36.0 Å². The van der Waals surface area contributed by atoms with Crippen LogP contribution in [0, 0.1) is 52.8 Å². The molecular formula is C25H39N3O2. The predicted molar refractivity (Wildman–Crippen MR) is 115 cm³/mol. The second-order valence-corrected chi connectivity index (χ2v) is 11.9. The highest BCUT2D eigenvalue weighted by Crippen LogP contribution is 2.67. The van der Waals surface area contributed by atoms with Gasteiger partial charge in [0.15, 0.2) is 5.78 Å². The van der Waals surface area contributed by atoms with Gasteiger partial charge >= 0.3 is 0 Å². The van der Waals surface area contributed by atoms with Crippen molar-refractivity contribution in [2.45, 2.75) is 84.8 Å². The summed E-state index contributed by atoms with van der Waals surface area (Å²) in [6, 6.07) is 0. The second kappa shape index (κ2) is 7.15. The first-order valence-electron chi connectivity index (χ1n) is 12.3. The molecule has 10 atom stereocenters. The van der Waals surface area contributed by atoms with Gasteiger partial charge in [0.05, 0.1) is 11.8 Å². The summed E-state index contributed by atoms with van der Waals surface area (Å²) < 4.78 is 1.70. The van der Waals surface area contributed by atoms with Crippen molar-refractivity contribution in [2.75, 3.05) is 0 Å². The zero-order chi connectivity index (χ0) is 21.3.